The van der Waals surface area contributed by atoms with Crippen molar-refractivity contribution in [2.75, 3.05) is 0 Å². The molecule has 1 nitrogen and oxygen atoms in total. The monoisotopic (exact) mass is 313 g/mol. The van der Waals surface area contributed by atoms with Crippen molar-refractivity contribution in [1.82, 2.24) is 0 Å². The van der Waals surface area contributed by atoms with Crippen molar-refractivity contribution in [3.63, 3.8) is 0 Å². The minimum absolute atomic E-state index is 0.145. The van der Waals surface area contributed by atoms with Crippen molar-refractivity contribution in [2.24, 2.45) is 5.73 Å². The molecule has 0 amide bonds. The maximum absolute atomic E-state index is 6.31. The Hall–Kier alpha value is -0.540. The van der Waals surface area contributed by atoms with E-state index in [1.165, 1.54) is 4.88 Å². The average molecular weight is 314 g/mol. The van der Waals surface area contributed by atoms with Gasteiger partial charge in [0, 0.05) is 19.8 Å². The quantitative estimate of drug-likeness (QED) is 0.789. The lowest BCUT2D eigenvalue weighted by Gasteiger charge is -2.16. The van der Waals surface area contributed by atoms with Crippen LogP contribution >= 0.6 is 34.5 Å². The van der Waals surface area contributed by atoms with Crippen LogP contribution in [0, 0.1) is 0 Å². The van der Waals surface area contributed by atoms with Crippen molar-refractivity contribution in [3.05, 3.63) is 55.7 Å². The molecule has 0 saturated carbocycles. The van der Waals surface area contributed by atoms with Gasteiger partial charge in [-0.15, -0.1) is 11.3 Å². The maximum atomic E-state index is 6.31. The summed E-state index contributed by atoms with van der Waals surface area (Å²) in [6.07, 6.45) is 0. The maximum Gasteiger partial charge on any atom is 0.0660 e. The van der Waals surface area contributed by atoms with Crippen molar-refractivity contribution in [1.29, 1.82) is 0 Å². The van der Waals surface area contributed by atoms with Crippen LogP contribution in [-0.4, -0.2) is 0 Å². The molecule has 2 rings (SSSR count). The second kappa shape index (κ2) is 5.45. The Morgan fingerprint density at radius 1 is 1.11 bits per heavy atom. The molecule has 102 valence electrons. The third-order valence-corrected chi connectivity index (χ3v) is 5.13. The normalized spacial score (nSPS) is 13.6. The highest BCUT2D eigenvalue weighted by Gasteiger charge is 2.20. The lowest BCUT2D eigenvalue weighted by atomic mass is 9.95. The van der Waals surface area contributed by atoms with Crippen LogP contribution in [0.3, 0.4) is 0 Å². The van der Waals surface area contributed by atoms with Crippen LogP contribution in [0.2, 0.25) is 10.0 Å². The van der Waals surface area contributed by atoms with Crippen LogP contribution < -0.4 is 5.73 Å². The Labute approximate surface area is 128 Å². The smallest absolute Gasteiger partial charge is 0.0660 e. The minimum Gasteiger partial charge on any atom is -0.320 e. The summed E-state index contributed by atoms with van der Waals surface area (Å²) in [5.74, 6) is 0. The van der Waals surface area contributed by atoms with Gasteiger partial charge in [-0.2, -0.15) is 0 Å². The van der Waals surface area contributed by atoms with Crippen LogP contribution in [0.1, 0.15) is 42.1 Å². The highest BCUT2D eigenvalue weighted by molar-refractivity contribution is 7.12. The Balaban J connectivity index is 2.34. The van der Waals surface area contributed by atoms with Gasteiger partial charge in [0.05, 0.1) is 6.04 Å². The fourth-order valence-electron chi connectivity index (χ4n) is 1.83. The molecule has 0 saturated heterocycles. The molecular formula is C15H17Cl2NS. The predicted molar refractivity (Wildman–Crippen MR) is 85.5 cm³/mol. The number of nitrogens with two attached hydrogens (primary N) is 1. The van der Waals surface area contributed by atoms with Crippen molar-refractivity contribution < 1.29 is 0 Å². The first-order valence-electron chi connectivity index (χ1n) is 6.10. The number of benzene rings is 1. The Bertz CT molecular complexity index is 584. The second-order valence-electron chi connectivity index (χ2n) is 5.60. The molecule has 19 heavy (non-hydrogen) atoms. The first kappa shape index (κ1) is 14.9. The molecule has 4 heteroatoms. The summed E-state index contributed by atoms with van der Waals surface area (Å²) in [7, 11) is 0. The van der Waals surface area contributed by atoms with Crippen LogP contribution in [0.4, 0.5) is 0 Å². The van der Waals surface area contributed by atoms with E-state index in [1.807, 2.05) is 12.1 Å². The molecule has 0 aliphatic rings. The molecule has 1 unspecified atom stereocenters. The highest BCUT2D eigenvalue weighted by atomic mass is 35.5. The van der Waals surface area contributed by atoms with Crippen LogP contribution in [0.25, 0.3) is 0 Å². The molecular weight excluding hydrogens is 297 g/mol. The Morgan fingerprint density at radius 2 is 1.79 bits per heavy atom. The van der Waals surface area contributed by atoms with Gasteiger partial charge in [-0.1, -0.05) is 50.0 Å². The van der Waals surface area contributed by atoms with Gasteiger partial charge in [-0.05, 0) is 35.2 Å². The summed E-state index contributed by atoms with van der Waals surface area (Å²) in [5.41, 5.74) is 7.36. The van der Waals surface area contributed by atoms with E-state index < -0.39 is 0 Å². The molecule has 1 heterocycles. The minimum atomic E-state index is -0.203. The van der Waals surface area contributed by atoms with Gasteiger partial charge in [-0.25, -0.2) is 0 Å². The number of hydrogen-bond acceptors (Lipinski definition) is 2. The molecule has 0 bridgehead atoms. The van der Waals surface area contributed by atoms with E-state index in [1.54, 1.807) is 17.4 Å². The van der Waals surface area contributed by atoms with E-state index in [-0.39, 0.29) is 11.5 Å². The third-order valence-electron chi connectivity index (χ3n) is 2.97. The molecule has 2 N–H and O–H groups in total. The molecule has 0 spiro atoms. The fourth-order valence-corrected chi connectivity index (χ4v) is 3.44. The van der Waals surface area contributed by atoms with Gasteiger partial charge in [0.1, 0.15) is 0 Å². The zero-order chi connectivity index (χ0) is 14.2. The lowest BCUT2D eigenvalue weighted by Crippen LogP contribution is -2.11. The van der Waals surface area contributed by atoms with Crippen molar-refractivity contribution >= 4 is 34.5 Å². The molecule has 1 aromatic heterocycles. The van der Waals surface area contributed by atoms with Crippen molar-refractivity contribution in [3.8, 4) is 0 Å². The predicted octanol–water partition coefficient (Wildman–Crippen LogP) is 5.40. The number of hydrogen-bond donors (Lipinski definition) is 1. The van der Waals surface area contributed by atoms with E-state index in [4.69, 9.17) is 28.9 Å². The molecule has 1 atom stereocenters. The first-order chi connectivity index (χ1) is 8.79. The van der Waals surface area contributed by atoms with E-state index in [2.05, 4.69) is 32.9 Å². The van der Waals surface area contributed by atoms with Gasteiger partial charge < -0.3 is 5.73 Å². The molecule has 0 aliphatic heterocycles. The molecule has 2 aromatic rings. The molecule has 0 fully saturated rings. The first-order valence-corrected chi connectivity index (χ1v) is 7.67. The van der Waals surface area contributed by atoms with Gasteiger partial charge in [0.2, 0.25) is 0 Å². The molecule has 0 radical (unpaired) electrons. The number of rotatable bonds is 2. The number of thiophene rings is 1. The van der Waals surface area contributed by atoms with Gasteiger partial charge in [-0.3, -0.25) is 0 Å². The number of halogens is 2. The van der Waals surface area contributed by atoms with Crippen LogP contribution in [0.5, 0.6) is 0 Å². The fraction of sp³-hybridized carbons (Fsp3) is 0.333. The summed E-state index contributed by atoms with van der Waals surface area (Å²) in [6.45, 7) is 6.59. The average Bonchev–Trinajstić information content (AvgIpc) is 2.76. The topological polar surface area (TPSA) is 26.0 Å². The molecule has 0 aliphatic carbocycles. The van der Waals surface area contributed by atoms with E-state index in [9.17, 15) is 0 Å². The largest absolute Gasteiger partial charge is 0.320 e. The highest BCUT2D eigenvalue weighted by Crippen LogP contribution is 2.36. The summed E-state index contributed by atoms with van der Waals surface area (Å²) >= 11 is 13.9. The Kier molecular flexibility index (Phi) is 4.26. The van der Waals surface area contributed by atoms with E-state index >= 15 is 0 Å². The van der Waals surface area contributed by atoms with Crippen LogP contribution in [-0.2, 0) is 5.41 Å². The van der Waals surface area contributed by atoms with Gasteiger partial charge in [0.25, 0.3) is 0 Å². The van der Waals surface area contributed by atoms with E-state index in [0.29, 0.717) is 10.0 Å². The summed E-state index contributed by atoms with van der Waals surface area (Å²) in [5, 5.41) is 1.24. The van der Waals surface area contributed by atoms with Gasteiger partial charge >= 0.3 is 0 Å². The second-order valence-corrected chi connectivity index (χ2v) is 7.55. The Morgan fingerprint density at radius 3 is 2.32 bits per heavy atom. The third kappa shape index (κ3) is 3.32. The zero-order valence-corrected chi connectivity index (χ0v) is 13.5. The summed E-state index contributed by atoms with van der Waals surface area (Å²) in [6, 6.07) is 9.47. The van der Waals surface area contributed by atoms with Crippen LogP contribution in [0.15, 0.2) is 30.3 Å². The summed E-state index contributed by atoms with van der Waals surface area (Å²) < 4.78 is 0. The van der Waals surface area contributed by atoms with E-state index in [0.717, 1.165) is 10.4 Å². The molecule has 1 aromatic carbocycles. The SMILES string of the molecule is CC(C)(C)c1ccc(C(N)c2ccc(Cl)cc2Cl)s1. The summed E-state index contributed by atoms with van der Waals surface area (Å²) in [4.78, 5) is 2.44. The van der Waals surface area contributed by atoms with Crippen molar-refractivity contribution in [2.45, 2.75) is 32.2 Å². The standard InChI is InChI=1S/C15H17Cl2NS/c1-15(2,3)13-7-6-12(19-13)14(18)10-5-4-9(16)8-11(10)17/h4-8,14H,18H2,1-3H3. The lowest BCUT2D eigenvalue weighted by molar-refractivity contribution is 0.604. The van der Waals surface area contributed by atoms with Gasteiger partial charge in [0.15, 0.2) is 0 Å². The zero-order valence-electron chi connectivity index (χ0n) is 11.2.